The summed E-state index contributed by atoms with van der Waals surface area (Å²) in [6.07, 6.45) is 0.647. The Morgan fingerprint density at radius 2 is 1.93 bits per heavy atom. The molecule has 1 aliphatic heterocycles. The predicted molar refractivity (Wildman–Crippen MR) is 152 cm³/mol. The number of hydrogen-bond donors (Lipinski definition) is 2. The molecule has 3 heterocycles. The standard InChI is InChI=1S/C30H37FN4O6/c1-7-17-18-12-25(40-6)22(31)14-23(18)33-27-19(17)15-35-24(27)13-21(20(28(35)37)16-41-26(36)8-2)30(39,9-3)29(38)32-10-11-34(4)5/h12-14,39H,7-11,15-16H2,1-6H3,(H,32,38)/t30-/m0/s1. The smallest absolute Gasteiger partial charge is 0.305 e. The maximum absolute atomic E-state index is 14.7. The number of carbonyl (C=O) groups is 2. The number of carbonyl (C=O) groups excluding carboxylic acids is 2. The molecule has 10 nitrogen and oxygen atoms in total. The van der Waals surface area contributed by atoms with Gasteiger partial charge in [-0.15, -0.1) is 0 Å². The number of hydrogen-bond acceptors (Lipinski definition) is 8. The molecule has 2 N–H and O–H groups in total. The first kappa shape index (κ1) is 30.1. The Labute approximate surface area is 238 Å². The maximum Gasteiger partial charge on any atom is 0.305 e. The van der Waals surface area contributed by atoms with Crippen LogP contribution in [0.5, 0.6) is 5.75 Å². The minimum Gasteiger partial charge on any atom is -0.494 e. The van der Waals surface area contributed by atoms with Crippen molar-refractivity contribution in [2.45, 2.75) is 58.8 Å². The molecule has 0 bridgehead atoms. The number of likely N-dealkylation sites (N-methyl/N-ethyl adjacent to an activating group) is 1. The SMILES string of the molecule is CCC(=O)OCc1c([C@@](O)(CC)C(=O)NCCN(C)C)cc2n(c1=O)Cc1c-2nc2cc(F)c(OC)cc2c1CC. The molecule has 0 radical (unpaired) electrons. The lowest BCUT2D eigenvalue weighted by atomic mass is 9.86. The third-order valence-electron chi connectivity index (χ3n) is 7.63. The largest absolute Gasteiger partial charge is 0.494 e. The van der Waals surface area contributed by atoms with Crippen molar-refractivity contribution in [1.29, 1.82) is 0 Å². The van der Waals surface area contributed by atoms with Gasteiger partial charge in [0.25, 0.3) is 11.5 Å². The van der Waals surface area contributed by atoms with Gasteiger partial charge in [-0.3, -0.25) is 14.4 Å². The molecule has 1 aromatic carbocycles. The zero-order valence-corrected chi connectivity index (χ0v) is 24.4. The Balaban J connectivity index is 1.94. The van der Waals surface area contributed by atoms with Crippen LogP contribution in [-0.4, -0.2) is 65.7 Å². The van der Waals surface area contributed by atoms with Gasteiger partial charge >= 0.3 is 5.97 Å². The van der Waals surface area contributed by atoms with Gasteiger partial charge in [0.15, 0.2) is 17.2 Å². The Bertz CT molecular complexity index is 1570. The molecule has 0 saturated carbocycles. The average molecular weight is 569 g/mol. The zero-order chi connectivity index (χ0) is 30.1. The summed E-state index contributed by atoms with van der Waals surface area (Å²) in [5, 5.41) is 15.3. The monoisotopic (exact) mass is 568 g/mol. The van der Waals surface area contributed by atoms with E-state index in [1.807, 2.05) is 25.9 Å². The van der Waals surface area contributed by atoms with Crippen molar-refractivity contribution in [2.75, 3.05) is 34.3 Å². The van der Waals surface area contributed by atoms with Gasteiger partial charge in [-0.1, -0.05) is 20.8 Å². The first-order valence-corrected chi connectivity index (χ1v) is 13.8. The van der Waals surface area contributed by atoms with Gasteiger partial charge < -0.3 is 29.4 Å². The summed E-state index contributed by atoms with van der Waals surface area (Å²) in [6.45, 7) is 5.85. The quantitative estimate of drug-likeness (QED) is 0.265. The number of methoxy groups -OCH3 is 1. The number of fused-ring (bicyclic) bond motifs is 4. The van der Waals surface area contributed by atoms with Gasteiger partial charge in [-0.25, -0.2) is 9.37 Å². The lowest BCUT2D eigenvalue weighted by Gasteiger charge is -2.29. The van der Waals surface area contributed by atoms with Crippen LogP contribution in [0, 0.1) is 5.82 Å². The summed E-state index contributed by atoms with van der Waals surface area (Å²) in [5.41, 5.74) is 0.432. The second-order valence-corrected chi connectivity index (χ2v) is 10.4. The summed E-state index contributed by atoms with van der Waals surface area (Å²) in [6, 6.07) is 4.49. The number of amides is 1. The van der Waals surface area contributed by atoms with E-state index in [4.69, 9.17) is 14.5 Å². The number of nitrogens with one attached hydrogen (secondary N) is 1. The van der Waals surface area contributed by atoms with Gasteiger partial charge in [0.1, 0.15) is 6.61 Å². The van der Waals surface area contributed by atoms with Crippen LogP contribution in [0.3, 0.4) is 0 Å². The number of nitrogens with zero attached hydrogens (tertiary/aromatic N) is 3. The fourth-order valence-electron chi connectivity index (χ4n) is 5.29. The summed E-state index contributed by atoms with van der Waals surface area (Å²) in [5.74, 6) is -1.65. The highest BCUT2D eigenvalue weighted by molar-refractivity contribution is 5.90. The van der Waals surface area contributed by atoms with Crippen LogP contribution in [0.4, 0.5) is 4.39 Å². The molecule has 2 aromatic heterocycles. The fourth-order valence-corrected chi connectivity index (χ4v) is 5.29. The maximum atomic E-state index is 14.7. The van der Waals surface area contributed by atoms with E-state index in [-0.39, 0.29) is 42.8 Å². The molecular formula is C30H37FN4O6. The first-order chi connectivity index (χ1) is 19.5. The Hall–Kier alpha value is -3.83. The molecule has 41 heavy (non-hydrogen) atoms. The van der Waals surface area contributed by atoms with Gasteiger partial charge in [0.05, 0.1) is 36.1 Å². The van der Waals surface area contributed by atoms with Crippen LogP contribution >= 0.6 is 0 Å². The van der Waals surface area contributed by atoms with Gasteiger partial charge in [-0.05, 0) is 44.6 Å². The van der Waals surface area contributed by atoms with Crippen molar-refractivity contribution in [3.63, 3.8) is 0 Å². The molecule has 1 amide bonds. The minimum absolute atomic E-state index is 0.0192. The van der Waals surface area contributed by atoms with E-state index in [0.29, 0.717) is 35.3 Å². The number of halogens is 1. The molecule has 0 saturated heterocycles. The van der Waals surface area contributed by atoms with E-state index in [1.54, 1.807) is 26.0 Å². The number of ether oxygens (including phenoxy) is 2. The van der Waals surface area contributed by atoms with Crippen LogP contribution in [0.1, 0.15) is 55.9 Å². The van der Waals surface area contributed by atoms with Crippen molar-refractivity contribution in [3.05, 3.63) is 56.6 Å². The molecule has 0 unspecified atom stereocenters. The van der Waals surface area contributed by atoms with E-state index in [9.17, 15) is 23.9 Å². The van der Waals surface area contributed by atoms with Crippen molar-refractivity contribution in [2.24, 2.45) is 0 Å². The molecule has 0 aliphatic carbocycles. The number of aliphatic hydroxyl groups is 1. The first-order valence-electron chi connectivity index (χ1n) is 13.8. The van der Waals surface area contributed by atoms with Crippen molar-refractivity contribution in [3.8, 4) is 17.1 Å². The summed E-state index contributed by atoms with van der Waals surface area (Å²) < 4.78 is 26.7. The molecule has 1 aliphatic rings. The third-order valence-corrected chi connectivity index (χ3v) is 7.63. The number of aromatic nitrogens is 2. The Kier molecular flexibility index (Phi) is 8.79. The molecular weight excluding hydrogens is 531 g/mol. The Morgan fingerprint density at radius 1 is 1.20 bits per heavy atom. The van der Waals surface area contributed by atoms with E-state index >= 15 is 0 Å². The minimum atomic E-state index is -2.08. The molecule has 3 aromatic rings. The summed E-state index contributed by atoms with van der Waals surface area (Å²) in [4.78, 5) is 46.1. The number of pyridine rings is 2. The molecule has 1 atom stereocenters. The van der Waals surface area contributed by atoms with Crippen LogP contribution < -0.4 is 15.6 Å². The summed E-state index contributed by atoms with van der Waals surface area (Å²) >= 11 is 0. The number of aryl methyl sites for hydroxylation is 1. The normalized spacial score (nSPS) is 13.6. The fraction of sp³-hybridized carbons (Fsp3) is 0.467. The van der Waals surface area contributed by atoms with Gasteiger partial charge in [-0.2, -0.15) is 0 Å². The molecule has 220 valence electrons. The van der Waals surface area contributed by atoms with Gasteiger partial charge in [0.2, 0.25) is 0 Å². The highest BCUT2D eigenvalue weighted by atomic mass is 19.1. The van der Waals surface area contributed by atoms with Crippen LogP contribution in [0.25, 0.3) is 22.3 Å². The van der Waals surface area contributed by atoms with Crippen LogP contribution in [-0.2, 0) is 39.5 Å². The van der Waals surface area contributed by atoms with Crippen molar-refractivity contribution >= 4 is 22.8 Å². The van der Waals surface area contributed by atoms with E-state index in [2.05, 4.69) is 5.32 Å². The van der Waals surface area contributed by atoms with E-state index in [0.717, 1.165) is 11.1 Å². The molecule has 11 heteroatoms. The lowest BCUT2D eigenvalue weighted by molar-refractivity contribution is -0.144. The topological polar surface area (TPSA) is 123 Å². The van der Waals surface area contributed by atoms with E-state index in [1.165, 1.54) is 17.7 Å². The molecule has 4 rings (SSSR count). The van der Waals surface area contributed by atoms with E-state index < -0.39 is 35.5 Å². The third kappa shape index (κ3) is 5.43. The molecule has 0 spiro atoms. The Morgan fingerprint density at radius 3 is 2.54 bits per heavy atom. The highest BCUT2D eigenvalue weighted by Crippen LogP contribution is 2.40. The van der Waals surface area contributed by atoms with Gasteiger partial charge in [0, 0.05) is 42.1 Å². The van der Waals surface area contributed by atoms with Crippen LogP contribution in [0.2, 0.25) is 0 Å². The van der Waals surface area contributed by atoms with Crippen LogP contribution in [0.15, 0.2) is 23.0 Å². The summed E-state index contributed by atoms with van der Waals surface area (Å²) in [7, 11) is 5.12. The second kappa shape index (κ2) is 12.0. The van der Waals surface area contributed by atoms with Crippen molar-refractivity contribution < 1.29 is 28.6 Å². The average Bonchev–Trinajstić information content (AvgIpc) is 3.32. The number of benzene rings is 1. The highest BCUT2D eigenvalue weighted by Gasteiger charge is 2.41. The second-order valence-electron chi connectivity index (χ2n) is 10.4. The lowest BCUT2D eigenvalue weighted by Crippen LogP contribution is -2.47. The number of esters is 1. The molecule has 0 fully saturated rings. The predicted octanol–water partition coefficient (Wildman–Crippen LogP) is 2.86. The number of rotatable bonds is 11. The zero-order valence-electron chi connectivity index (χ0n) is 24.4. The van der Waals surface area contributed by atoms with Crippen molar-refractivity contribution in [1.82, 2.24) is 19.8 Å².